The molecule has 23 heavy (non-hydrogen) atoms. The Morgan fingerprint density at radius 3 is 2.87 bits per heavy atom. The third kappa shape index (κ3) is 5.08. The van der Waals surface area contributed by atoms with Crippen LogP contribution in [-0.4, -0.2) is 29.7 Å². The van der Waals surface area contributed by atoms with Gasteiger partial charge in [0.15, 0.2) is 0 Å². The fourth-order valence-electron chi connectivity index (χ4n) is 1.58. The normalized spacial score (nSPS) is 10.5. The average Bonchev–Trinajstić information content (AvgIpc) is 2.54. The van der Waals surface area contributed by atoms with Crippen LogP contribution in [0.3, 0.4) is 0 Å². The monoisotopic (exact) mass is 332 g/mol. The summed E-state index contributed by atoms with van der Waals surface area (Å²) in [5.74, 6) is -1.52. The molecule has 0 bridgehead atoms. The topological polar surface area (TPSA) is 104 Å². The number of benzene rings is 1. The number of ether oxygens (including phenoxy) is 1. The summed E-state index contributed by atoms with van der Waals surface area (Å²) < 4.78 is 4.94. The molecule has 0 aliphatic rings. The van der Waals surface area contributed by atoms with Crippen molar-refractivity contribution < 1.29 is 19.4 Å². The molecule has 0 unspecified atom stereocenters. The molecule has 0 aliphatic heterocycles. The van der Waals surface area contributed by atoms with Crippen LogP contribution in [0, 0.1) is 0 Å². The second kappa shape index (κ2) is 7.90. The fourth-order valence-corrected chi connectivity index (χ4v) is 1.82. The van der Waals surface area contributed by atoms with E-state index in [1.165, 1.54) is 24.5 Å². The first-order valence-electron chi connectivity index (χ1n) is 6.42. The van der Waals surface area contributed by atoms with E-state index in [1.807, 2.05) is 0 Å². The highest BCUT2D eigenvalue weighted by atomic mass is 35.5. The van der Waals surface area contributed by atoms with Crippen LogP contribution in [0.4, 0.5) is 0 Å². The number of nitrogens with one attached hydrogen (secondary N) is 1. The van der Waals surface area contributed by atoms with E-state index >= 15 is 0 Å². The van der Waals surface area contributed by atoms with Gasteiger partial charge in [-0.25, -0.2) is 5.43 Å². The molecule has 1 aromatic heterocycles. The molecule has 1 N–H and O–H groups in total. The molecule has 0 saturated heterocycles. The highest BCUT2D eigenvalue weighted by Crippen LogP contribution is 2.24. The zero-order chi connectivity index (χ0) is 16.7. The molecule has 2 rings (SSSR count). The first kappa shape index (κ1) is 16.4. The number of hydrazone groups is 1. The third-order valence-corrected chi connectivity index (χ3v) is 2.90. The van der Waals surface area contributed by atoms with Gasteiger partial charge in [-0.3, -0.25) is 9.78 Å². The minimum atomic E-state index is -1.34. The quantitative estimate of drug-likeness (QED) is 0.617. The summed E-state index contributed by atoms with van der Waals surface area (Å²) in [6.07, 6.45) is 4.37. The van der Waals surface area contributed by atoms with E-state index in [2.05, 4.69) is 15.5 Å². The fraction of sp³-hybridized carbons (Fsp3) is 0.0667. The number of halogens is 1. The summed E-state index contributed by atoms with van der Waals surface area (Å²) in [6.45, 7) is -0.589. The molecule has 0 saturated carbocycles. The van der Waals surface area contributed by atoms with E-state index in [4.69, 9.17) is 16.3 Å². The molecule has 0 fully saturated rings. The van der Waals surface area contributed by atoms with Crippen LogP contribution in [0.5, 0.6) is 5.75 Å². The van der Waals surface area contributed by atoms with Crippen molar-refractivity contribution in [3.63, 3.8) is 0 Å². The van der Waals surface area contributed by atoms with Crippen LogP contribution in [0.2, 0.25) is 5.02 Å². The van der Waals surface area contributed by atoms with Crippen molar-refractivity contribution in [1.29, 1.82) is 0 Å². The summed E-state index contributed by atoms with van der Waals surface area (Å²) >= 11 is 5.95. The van der Waals surface area contributed by atoms with Gasteiger partial charge in [0.1, 0.15) is 12.4 Å². The molecule has 1 aromatic carbocycles. The number of hydrogen-bond donors (Lipinski definition) is 1. The van der Waals surface area contributed by atoms with Crippen LogP contribution < -0.4 is 15.3 Å². The molecule has 1 heterocycles. The lowest BCUT2D eigenvalue weighted by Gasteiger charge is -2.08. The van der Waals surface area contributed by atoms with Crippen LogP contribution in [0.1, 0.15) is 15.9 Å². The van der Waals surface area contributed by atoms with Gasteiger partial charge in [0, 0.05) is 12.4 Å². The number of carbonyl (C=O) groups excluding carboxylic acids is 2. The van der Waals surface area contributed by atoms with Gasteiger partial charge in [-0.15, -0.1) is 0 Å². The Morgan fingerprint density at radius 2 is 2.22 bits per heavy atom. The summed E-state index contributed by atoms with van der Waals surface area (Å²) in [6, 6.07) is 7.87. The van der Waals surface area contributed by atoms with E-state index in [-0.39, 0.29) is 10.8 Å². The number of aromatic nitrogens is 1. The van der Waals surface area contributed by atoms with Gasteiger partial charge < -0.3 is 14.6 Å². The summed E-state index contributed by atoms with van der Waals surface area (Å²) in [7, 11) is 0. The van der Waals surface area contributed by atoms with E-state index in [0.717, 1.165) is 0 Å². The van der Waals surface area contributed by atoms with Gasteiger partial charge in [-0.2, -0.15) is 5.10 Å². The lowest BCUT2D eigenvalue weighted by atomic mass is 10.2. The van der Waals surface area contributed by atoms with E-state index in [9.17, 15) is 14.7 Å². The minimum Gasteiger partial charge on any atom is -0.546 e. The Hall–Kier alpha value is -2.93. The number of amides is 1. The number of carboxylic acid groups (broad SMARTS) is 1. The number of hydrogen-bond acceptors (Lipinski definition) is 6. The lowest BCUT2D eigenvalue weighted by Crippen LogP contribution is -2.29. The van der Waals surface area contributed by atoms with Gasteiger partial charge in [0.25, 0.3) is 5.91 Å². The molecular weight excluding hydrogens is 322 g/mol. The summed E-state index contributed by atoms with van der Waals surface area (Å²) in [5, 5.41) is 14.4. The second-order valence-electron chi connectivity index (χ2n) is 4.29. The molecule has 1 amide bonds. The minimum absolute atomic E-state index is 0.215. The molecule has 0 atom stereocenters. The maximum absolute atomic E-state index is 11.7. The van der Waals surface area contributed by atoms with Crippen LogP contribution in [0.15, 0.2) is 47.8 Å². The zero-order valence-electron chi connectivity index (χ0n) is 11.7. The number of nitrogens with zero attached hydrogens (tertiary/aromatic N) is 2. The largest absolute Gasteiger partial charge is 0.546 e. The van der Waals surface area contributed by atoms with E-state index in [0.29, 0.717) is 11.1 Å². The van der Waals surface area contributed by atoms with Crippen LogP contribution in [-0.2, 0) is 4.79 Å². The van der Waals surface area contributed by atoms with Crippen molar-refractivity contribution in [2.75, 3.05) is 6.61 Å². The first-order valence-corrected chi connectivity index (χ1v) is 6.79. The molecule has 8 heteroatoms. The number of pyridine rings is 1. The van der Waals surface area contributed by atoms with Gasteiger partial charge in [-0.1, -0.05) is 11.6 Å². The Balaban J connectivity index is 1.96. The van der Waals surface area contributed by atoms with Gasteiger partial charge in [0.2, 0.25) is 0 Å². The number of carboxylic acids is 1. The standard InChI is InChI=1S/C15H12ClN3O4/c16-12-6-10(3-4-13(12)23-9-14(20)21)7-18-19-15(22)11-2-1-5-17-8-11/h1-8H,9H2,(H,19,22)(H,20,21)/p-1/b18-7-. The van der Waals surface area contributed by atoms with Crippen LogP contribution in [0.25, 0.3) is 0 Å². The Labute approximate surface area is 136 Å². The SMILES string of the molecule is O=C([O-])COc1ccc(/C=N\NC(=O)c2cccnc2)cc1Cl. The predicted octanol–water partition coefficient (Wildman–Crippen LogP) is 0.628. The van der Waals surface area contributed by atoms with Gasteiger partial charge >= 0.3 is 0 Å². The highest BCUT2D eigenvalue weighted by Gasteiger charge is 2.04. The predicted molar refractivity (Wildman–Crippen MR) is 81.3 cm³/mol. The van der Waals surface area contributed by atoms with Crippen molar-refractivity contribution in [1.82, 2.24) is 10.4 Å². The Morgan fingerprint density at radius 1 is 1.39 bits per heavy atom. The maximum Gasteiger partial charge on any atom is 0.272 e. The van der Waals surface area contributed by atoms with Crippen molar-refractivity contribution in [3.8, 4) is 5.75 Å². The molecule has 2 aromatic rings. The molecular formula is C15H11ClN3O4-. The smallest absolute Gasteiger partial charge is 0.272 e. The second-order valence-corrected chi connectivity index (χ2v) is 4.70. The summed E-state index contributed by atoms with van der Waals surface area (Å²) in [4.78, 5) is 25.9. The molecule has 118 valence electrons. The highest BCUT2D eigenvalue weighted by molar-refractivity contribution is 6.32. The van der Waals surface area contributed by atoms with Crippen LogP contribution >= 0.6 is 11.6 Å². The van der Waals surface area contributed by atoms with E-state index < -0.39 is 18.5 Å². The number of rotatable bonds is 6. The third-order valence-electron chi connectivity index (χ3n) is 2.60. The van der Waals surface area contributed by atoms with Crippen molar-refractivity contribution in [2.45, 2.75) is 0 Å². The van der Waals surface area contributed by atoms with E-state index in [1.54, 1.807) is 24.4 Å². The lowest BCUT2D eigenvalue weighted by molar-refractivity contribution is -0.307. The Kier molecular flexibility index (Phi) is 5.65. The first-order chi connectivity index (χ1) is 11.1. The molecule has 0 radical (unpaired) electrons. The maximum atomic E-state index is 11.7. The number of aliphatic carboxylic acids is 1. The Bertz CT molecular complexity index is 735. The molecule has 7 nitrogen and oxygen atoms in total. The summed E-state index contributed by atoms with van der Waals surface area (Å²) in [5.41, 5.74) is 3.33. The van der Waals surface area contributed by atoms with Crippen molar-refractivity contribution in [2.24, 2.45) is 5.10 Å². The number of carbonyl (C=O) groups is 2. The van der Waals surface area contributed by atoms with Gasteiger partial charge in [0.05, 0.1) is 22.8 Å². The zero-order valence-corrected chi connectivity index (χ0v) is 12.5. The average molecular weight is 333 g/mol. The molecule has 0 aliphatic carbocycles. The van der Waals surface area contributed by atoms with Crippen molar-refractivity contribution >= 4 is 29.7 Å². The van der Waals surface area contributed by atoms with Gasteiger partial charge in [-0.05, 0) is 35.9 Å². The molecule has 0 spiro atoms. The van der Waals surface area contributed by atoms with Crippen molar-refractivity contribution in [3.05, 3.63) is 58.9 Å².